The van der Waals surface area contributed by atoms with Gasteiger partial charge in [0.1, 0.15) is 0 Å². The fourth-order valence-electron chi connectivity index (χ4n) is 1.53. The first-order chi connectivity index (χ1) is 9.16. The highest BCUT2D eigenvalue weighted by atomic mass is 32.1. The average Bonchev–Trinajstić information content (AvgIpc) is 3.07. The van der Waals surface area contributed by atoms with Crippen molar-refractivity contribution in [2.75, 3.05) is 13.6 Å². The minimum Gasteiger partial charge on any atom is -0.342 e. The summed E-state index contributed by atoms with van der Waals surface area (Å²) in [5.41, 5.74) is 1.10. The lowest BCUT2D eigenvalue weighted by Gasteiger charge is -2.16. The molecule has 6 heteroatoms. The van der Waals surface area contributed by atoms with Crippen LogP contribution in [0, 0.1) is 0 Å². The smallest absolute Gasteiger partial charge is 0.261 e. The van der Waals surface area contributed by atoms with Gasteiger partial charge in [-0.1, -0.05) is 6.07 Å². The van der Waals surface area contributed by atoms with Crippen molar-refractivity contribution in [2.24, 2.45) is 0 Å². The van der Waals surface area contributed by atoms with Gasteiger partial charge in [0.2, 0.25) is 5.91 Å². The first-order valence-electron chi connectivity index (χ1n) is 5.73. The summed E-state index contributed by atoms with van der Waals surface area (Å²) in [4.78, 5) is 25.8. The zero-order chi connectivity index (χ0) is 13.7. The Hall–Kier alpha value is -1.66. The van der Waals surface area contributed by atoms with Crippen LogP contribution in [-0.2, 0) is 11.3 Å². The van der Waals surface area contributed by atoms with Crippen LogP contribution in [0.1, 0.15) is 15.2 Å². The van der Waals surface area contributed by atoms with Crippen LogP contribution in [0.2, 0.25) is 0 Å². The summed E-state index contributed by atoms with van der Waals surface area (Å²) in [6, 6.07) is 5.53. The Morgan fingerprint density at radius 1 is 1.32 bits per heavy atom. The Morgan fingerprint density at radius 2 is 2.16 bits per heavy atom. The summed E-state index contributed by atoms with van der Waals surface area (Å²) in [6.07, 6.45) is 0. The van der Waals surface area contributed by atoms with Gasteiger partial charge in [-0.05, 0) is 33.8 Å². The molecule has 0 aromatic carbocycles. The summed E-state index contributed by atoms with van der Waals surface area (Å²) in [5.74, 6) is -0.302. The van der Waals surface area contributed by atoms with E-state index in [2.05, 4.69) is 5.32 Å². The molecule has 2 aromatic heterocycles. The third-order valence-corrected chi connectivity index (χ3v) is 4.17. The number of hydrogen-bond donors (Lipinski definition) is 1. The summed E-state index contributed by atoms with van der Waals surface area (Å²) in [6.45, 7) is 0.592. The summed E-state index contributed by atoms with van der Waals surface area (Å²) < 4.78 is 0. The van der Waals surface area contributed by atoms with E-state index in [1.54, 1.807) is 29.4 Å². The molecule has 100 valence electrons. The number of rotatable bonds is 5. The lowest BCUT2D eigenvalue weighted by molar-refractivity contribution is -0.129. The molecule has 0 atom stereocenters. The zero-order valence-corrected chi connectivity index (χ0v) is 12.1. The van der Waals surface area contributed by atoms with Crippen molar-refractivity contribution >= 4 is 34.5 Å². The number of likely N-dealkylation sites (N-methyl/N-ethyl adjacent to an activating group) is 1. The first kappa shape index (κ1) is 13.8. The molecule has 0 aliphatic rings. The highest BCUT2D eigenvalue weighted by Gasteiger charge is 2.12. The van der Waals surface area contributed by atoms with Crippen LogP contribution in [0.25, 0.3) is 0 Å². The SMILES string of the molecule is CN(Cc1ccsc1)C(=O)CNC(=O)c1cccs1. The van der Waals surface area contributed by atoms with E-state index in [0.29, 0.717) is 11.4 Å². The van der Waals surface area contributed by atoms with Gasteiger partial charge in [-0.15, -0.1) is 11.3 Å². The molecule has 0 saturated heterocycles. The van der Waals surface area contributed by atoms with E-state index in [1.807, 2.05) is 28.3 Å². The van der Waals surface area contributed by atoms with Gasteiger partial charge in [-0.25, -0.2) is 0 Å². The van der Waals surface area contributed by atoms with E-state index in [1.165, 1.54) is 11.3 Å². The van der Waals surface area contributed by atoms with E-state index >= 15 is 0 Å². The summed E-state index contributed by atoms with van der Waals surface area (Å²) >= 11 is 2.96. The molecule has 4 nitrogen and oxygen atoms in total. The monoisotopic (exact) mass is 294 g/mol. The molecule has 0 radical (unpaired) electrons. The Morgan fingerprint density at radius 3 is 2.79 bits per heavy atom. The second-order valence-electron chi connectivity index (χ2n) is 4.04. The van der Waals surface area contributed by atoms with E-state index in [-0.39, 0.29) is 18.4 Å². The Balaban J connectivity index is 1.79. The maximum absolute atomic E-state index is 11.9. The standard InChI is InChI=1S/C13H14N2O2S2/c1-15(8-10-4-6-18-9-10)12(16)7-14-13(17)11-3-2-5-19-11/h2-6,9H,7-8H2,1H3,(H,14,17). The van der Waals surface area contributed by atoms with Crippen LogP contribution in [-0.4, -0.2) is 30.3 Å². The predicted molar refractivity (Wildman–Crippen MR) is 77.4 cm³/mol. The topological polar surface area (TPSA) is 49.4 Å². The largest absolute Gasteiger partial charge is 0.342 e. The average molecular weight is 294 g/mol. The molecule has 19 heavy (non-hydrogen) atoms. The van der Waals surface area contributed by atoms with Crippen molar-refractivity contribution < 1.29 is 9.59 Å². The fraction of sp³-hybridized carbons (Fsp3) is 0.231. The minimum absolute atomic E-state index is 0.0252. The minimum atomic E-state index is -0.202. The number of carbonyl (C=O) groups excluding carboxylic acids is 2. The van der Waals surface area contributed by atoms with Gasteiger partial charge >= 0.3 is 0 Å². The van der Waals surface area contributed by atoms with Gasteiger partial charge in [-0.3, -0.25) is 9.59 Å². The molecule has 2 heterocycles. The highest BCUT2D eigenvalue weighted by Crippen LogP contribution is 2.09. The number of hydrogen-bond acceptors (Lipinski definition) is 4. The van der Waals surface area contributed by atoms with Gasteiger partial charge < -0.3 is 10.2 Å². The van der Waals surface area contributed by atoms with Crippen molar-refractivity contribution in [1.29, 1.82) is 0 Å². The third-order valence-electron chi connectivity index (χ3n) is 2.57. The van der Waals surface area contributed by atoms with E-state index in [0.717, 1.165) is 5.56 Å². The van der Waals surface area contributed by atoms with Crippen molar-refractivity contribution in [3.05, 3.63) is 44.8 Å². The molecule has 0 spiro atoms. The summed E-state index contributed by atoms with van der Waals surface area (Å²) in [5, 5.41) is 8.45. The van der Waals surface area contributed by atoms with Crippen LogP contribution in [0.4, 0.5) is 0 Å². The maximum Gasteiger partial charge on any atom is 0.261 e. The Labute approximate surface area is 119 Å². The van der Waals surface area contributed by atoms with Gasteiger partial charge in [0, 0.05) is 13.6 Å². The van der Waals surface area contributed by atoms with Crippen molar-refractivity contribution in [1.82, 2.24) is 10.2 Å². The number of carbonyl (C=O) groups is 2. The van der Waals surface area contributed by atoms with Gasteiger partial charge in [0.05, 0.1) is 11.4 Å². The van der Waals surface area contributed by atoms with Crippen molar-refractivity contribution in [3.63, 3.8) is 0 Å². The maximum atomic E-state index is 11.9. The quantitative estimate of drug-likeness (QED) is 0.919. The molecule has 0 unspecified atom stereocenters. The summed E-state index contributed by atoms with van der Waals surface area (Å²) in [7, 11) is 1.73. The molecule has 2 rings (SSSR count). The van der Waals surface area contributed by atoms with Crippen molar-refractivity contribution in [2.45, 2.75) is 6.54 Å². The Bertz CT molecular complexity index is 535. The number of thiophene rings is 2. The fourth-order valence-corrected chi connectivity index (χ4v) is 2.83. The van der Waals surface area contributed by atoms with Crippen LogP contribution in [0.5, 0.6) is 0 Å². The van der Waals surface area contributed by atoms with E-state index < -0.39 is 0 Å². The number of amides is 2. The predicted octanol–water partition coefficient (Wildman–Crippen LogP) is 2.20. The zero-order valence-electron chi connectivity index (χ0n) is 10.5. The lowest BCUT2D eigenvalue weighted by atomic mass is 10.3. The van der Waals surface area contributed by atoms with Crippen LogP contribution in [0.3, 0.4) is 0 Å². The van der Waals surface area contributed by atoms with Gasteiger partial charge in [0.15, 0.2) is 0 Å². The van der Waals surface area contributed by atoms with E-state index in [9.17, 15) is 9.59 Å². The molecule has 0 fully saturated rings. The molecule has 2 amide bonds. The van der Waals surface area contributed by atoms with Gasteiger partial charge in [-0.2, -0.15) is 11.3 Å². The molecule has 2 aromatic rings. The van der Waals surface area contributed by atoms with E-state index in [4.69, 9.17) is 0 Å². The normalized spacial score (nSPS) is 10.2. The first-order valence-corrected chi connectivity index (χ1v) is 7.56. The molecule has 0 aliphatic heterocycles. The molecular formula is C13H14N2O2S2. The highest BCUT2D eigenvalue weighted by molar-refractivity contribution is 7.12. The van der Waals surface area contributed by atoms with Crippen LogP contribution >= 0.6 is 22.7 Å². The Kier molecular flexibility index (Phi) is 4.70. The van der Waals surface area contributed by atoms with Crippen LogP contribution < -0.4 is 5.32 Å². The second-order valence-corrected chi connectivity index (χ2v) is 5.77. The molecule has 1 N–H and O–H groups in total. The van der Waals surface area contributed by atoms with Crippen LogP contribution in [0.15, 0.2) is 34.3 Å². The molecule has 0 bridgehead atoms. The number of nitrogens with one attached hydrogen (secondary N) is 1. The van der Waals surface area contributed by atoms with Gasteiger partial charge in [0.25, 0.3) is 5.91 Å². The molecule has 0 saturated carbocycles. The molecular weight excluding hydrogens is 280 g/mol. The van der Waals surface area contributed by atoms with Crippen molar-refractivity contribution in [3.8, 4) is 0 Å². The second kappa shape index (κ2) is 6.49. The lowest BCUT2D eigenvalue weighted by Crippen LogP contribution is -2.37. The number of nitrogens with zero attached hydrogens (tertiary/aromatic N) is 1. The third kappa shape index (κ3) is 3.90. The molecule has 0 aliphatic carbocycles.